The molecule has 0 saturated carbocycles. The van der Waals surface area contributed by atoms with E-state index in [1.54, 1.807) is 11.3 Å². The van der Waals surface area contributed by atoms with Crippen molar-refractivity contribution in [3.05, 3.63) is 36.4 Å². The highest BCUT2D eigenvalue weighted by Crippen LogP contribution is 2.32. The van der Waals surface area contributed by atoms with Crippen molar-refractivity contribution in [2.45, 2.75) is 18.9 Å². The van der Waals surface area contributed by atoms with Crippen molar-refractivity contribution >= 4 is 22.2 Å². The van der Waals surface area contributed by atoms with E-state index in [0.717, 1.165) is 79.8 Å². The molecule has 0 unspecified atom stereocenters. The van der Waals surface area contributed by atoms with Crippen LogP contribution in [0, 0.1) is 0 Å². The van der Waals surface area contributed by atoms with Gasteiger partial charge in [-0.15, -0.1) is 11.3 Å². The fourth-order valence-corrected chi connectivity index (χ4v) is 5.20. The Bertz CT molecular complexity index is 871. The number of hydrogen-bond acceptors (Lipinski definition) is 7. The number of anilines is 1. The van der Waals surface area contributed by atoms with Gasteiger partial charge in [-0.2, -0.15) is 0 Å². The van der Waals surface area contributed by atoms with Gasteiger partial charge in [0.25, 0.3) is 0 Å². The Morgan fingerprint density at radius 2 is 1.67 bits per heavy atom. The number of nitrogens with one attached hydrogen (secondary N) is 2. The number of amides is 1. The summed E-state index contributed by atoms with van der Waals surface area (Å²) >= 11 is 1.60. The first-order valence-corrected chi connectivity index (χ1v) is 12.8. The van der Waals surface area contributed by atoms with Crippen LogP contribution in [0.4, 0.5) is 5.00 Å². The Labute approximate surface area is 201 Å². The van der Waals surface area contributed by atoms with Crippen molar-refractivity contribution in [3.8, 4) is 16.2 Å². The van der Waals surface area contributed by atoms with Gasteiger partial charge in [0.05, 0.1) is 11.5 Å². The normalized spacial score (nSPS) is 19.0. The molecule has 2 aromatic rings. The second kappa shape index (κ2) is 11.9. The second-order valence-corrected chi connectivity index (χ2v) is 10.3. The van der Waals surface area contributed by atoms with Gasteiger partial charge in [0.15, 0.2) is 0 Å². The maximum Gasteiger partial charge on any atom is 0.238 e. The zero-order valence-corrected chi connectivity index (χ0v) is 20.7. The van der Waals surface area contributed by atoms with Gasteiger partial charge in [-0.05, 0) is 82.0 Å². The predicted octanol–water partition coefficient (Wildman–Crippen LogP) is 2.66. The highest BCUT2D eigenvalue weighted by molar-refractivity contribution is 7.19. The van der Waals surface area contributed by atoms with Gasteiger partial charge in [0.1, 0.15) is 12.4 Å². The zero-order valence-electron chi connectivity index (χ0n) is 19.9. The minimum Gasteiger partial charge on any atom is -0.492 e. The van der Waals surface area contributed by atoms with Crippen LogP contribution in [0.5, 0.6) is 5.75 Å². The molecule has 2 saturated heterocycles. The van der Waals surface area contributed by atoms with E-state index in [-0.39, 0.29) is 5.91 Å². The summed E-state index contributed by atoms with van der Waals surface area (Å²) in [5.41, 5.74) is 1.14. The van der Waals surface area contributed by atoms with Crippen molar-refractivity contribution < 1.29 is 9.53 Å². The molecule has 2 N–H and O–H groups in total. The molecule has 33 heavy (non-hydrogen) atoms. The third-order valence-corrected chi connectivity index (χ3v) is 7.60. The Morgan fingerprint density at radius 3 is 2.39 bits per heavy atom. The van der Waals surface area contributed by atoms with E-state index >= 15 is 0 Å². The summed E-state index contributed by atoms with van der Waals surface area (Å²) in [6.07, 6.45) is 2.20. The molecule has 7 nitrogen and oxygen atoms in total. The lowest BCUT2D eigenvalue weighted by atomic mass is 10.1. The number of rotatable bonds is 9. The van der Waals surface area contributed by atoms with E-state index < -0.39 is 0 Å². The van der Waals surface area contributed by atoms with Crippen molar-refractivity contribution in [2.75, 3.05) is 78.4 Å². The average Bonchev–Trinajstić information content (AvgIpc) is 3.29. The molecule has 0 radical (unpaired) electrons. The molecule has 1 aromatic carbocycles. The maximum atomic E-state index is 12.3. The minimum atomic E-state index is 0.0198. The summed E-state index contributed by atoms with van der Waals surface area (Å²) < 4.78 is 5.95. The third kappa shape index (κ3) is 7.52. The van der Waals surface area contributed by atoms with Crippen LogP contribution >= 0.6 is 11.3 Å². The van der Waals surface area contributed by atoms with Crippen molar-refractivity contribution in [1.29, 1.82) is 0 Å². The summed E-state index contributed by atoms with van der Waals surface area (Å²) in [5.74, 6) is 0.921. The van der Waals surface area contributed by atoms with Gasteiger partial charge < -0.3 is 25.2 Å². The van der Waals surface area contributed by atoms with Crippen LogP contribution < -0.4 is 15.4 Å². The third-order valence-electron chi connectivity index (χ3n) is 6.55. The second-order valence-electron chi connectivity index (χ2n) is 9.19. The Balaban J connectivity index is 1.19. The lowest BCUT2D eigenvalue weighted by Crippen LogP contribution is -2.45. The number of ether oxygens (including phenoxy) is 1. The van der Waals surface area contributed by atoms with Crippen LogP contribution in [0.3, 0.4) is 0 Å². The smallest absolute Gasteiger partial charge is 0.238 e. The standard InChI is InChI=1S/C25H37N5O2S/c1-28-11-9-21(10-12-28)26-19-24(31)27-25-8-7-23(33-25)20-3-5-22(6-4-20)32-18-17-30-15-13-29(2)14-16-30/h3-8,21,26H,9-19H2,1-2H3,(H,27,31). The molecule has 1 aromatic heterocycles. The van der Waals surface area contributed by atoms with Gasteiger partial charge in [-0.3, -0.25) is 9.69 Å². The van der Waals surface area contributed by atoms with E-state index in [0.29, 0.717) is 19.2 Å². The molecule has 3 heterocycles. The van der Waals surface area contributed by atoms with Crippen LogP contribution in [-0.2, 0) is 4.79 Å². The zero-order chi connectivity index (χ0) is 23.0. The molecular weight excluding hydrogens is 434 g/mol. The van der Waals surface area contributed by atoms with Gasteiger partial charge in [0.2, 0.25) is 5.91 Å². The van der Waals surface area contributed by atoms with E-state index in [1.807, 2.05) is 18.2 Å². The lowest BCUT2D eigenvalue weighted by Gasteiger charge is -2.32. The van der Waals surface area contributed by atoms with E-state index in [9.17, 15) is 4.79 Å². The van der Waals surface area contributed by atoms with Crippen molar-refractivity contribution in [3.63, 3.8) is 0 Å². The Kier molecular flexibility index (Phi) is 8.75. The minimum absolute atomic E-state index is 0.0198. The van der Waals surface area contributed by atoms with Gasteiger partial charge >= 0.3 is 0 Å². The molecule has 0 spiro atoms. The predicted molar refractivity (Wildman–Crippen MR) is 136 cm³/mol. The van der Waals surface area contributed by atoms with E-state index in [1.165, 1.54) is 0 Å². The van der Waals surface area contributed by atoms with E-state index in [4.69, 9.17) is 4.74 Å². The summed E-state index contributed by atoms with van der Waals surface area (Å²) in [5, 5.41) is 7.30. The molecule has 4 rings (SSSR count). The summed E-state index contributed by atoms with van der Waals surface area (Å²) in [6, 6.07) is 12.7. The largest absolute Gasteiger partial charge is 0.492 e. The molecule has 1 amide bonds. The van der Waals surface area contributed by atoms with Crippen LogP contribution in [0.1, 0.15) is 12.8 Å². The summed E-state index contributed by atoms with van der Waals surface area (Å²) in [6.45, 7) is 8.72. The van der Waals surface area contributed by atoms with E-state index in [2.05, 4.69) is 57.6 Å². The highest BCUT2D eigenvalue weighted by Gasteiger charge is 2.17. The van der Waals surface area contributed by atoms with Crippen LogP contribution in [0.15, 0.2) is 36.4 Å². The Morgan fingerprint density at radius 1 is 0.970 bits per heavy atom. The van der Waals surface area contributed by atoms with Crippen LogP contribution in [-0.4, -0.2) is 99.7 Å². The Hall–Kier alpha value is -1.97. The average molecular weight is 472 g/mol. The number of nitrogens with zero attached hydrogens (tertiary/aromatic N) is 3. The topological polar surface area (TPSA) is 60.1 Å². The van der Waals surface area contributed by atoms with Crippen LogP contribution in [0.25, 0.3) is 10.4 Å². The van der Waals surface area contributed by atoms with Gasteiger partial charge in [-0.25, -0.2) is 0 Å². The molecule has 0 bridgehead atoms. The van der Waals surface area contributed by atoms with Gasteiger partial charge in [-0.1, -0.05) is 0 Å². The summed E-state index contributed by atoms with van der Waals surface area (Å²) in [4.78, 5) is 20.6. The molecule has 180 valence electrons. The number of carbonyl (C=O) groups is 1. The number of thiophene rings is 1. The first-order chi connectivity index (χ1) is 16.0. The number of carbonyl (C=O) groups excluding carboxylic acids is 1. The van der Waals surface area contributed by atoms with Crippen molar-refractivity contribution in [2.24, 2.45) is 0 Å². The summed E-state index contributed by atoms with van der Waals surface area (Å²) in [7, 11) is 4.32. The number of benzene rings is 1. The molecule has 0 aliphatic carbocycles. The molecule has 0 atom stereocenters. The van der Waals surface area contributed by atoms with Gasteiger partial charge in [0, 0.05) is 43.6 Å². The van der Waals surface area contributed by atoms with Crippen molar-refractivity contribution in [1.82, 2.24) is 20.0 Å². The molecule has 8 heteroatoms. The molecule has 2 aliphatic heterocycles. The number of piperidine rings is 1. The fourth-order valence-electron chi connectivity index (χ4n) is 4.27. The van der Waals surface area contributed by atoms with Crippen LogP contribution in [0.2, 0.25) is 0 Å². The maximum absolute atomic E-state index is 12.3. The quantitative estimate of drug-likeness (QED) is 0.587. The monoisotopic (exact) mass is 471 g/mol. The number of likely N-dealkylation sites (tertiary alicyclic amines) is 1. The number of likely N-dealkylation sites (N-methyl/N-ethyl adjacent to an activating group) is 1. The molecule has 2 fully saturated rings. The molecular formula is C25H37N5O2S. The fraction of sp³-hybridized carbons (Fsp3) is 0.560. The highest BCUT2D eigenvalue weighted by atomic mass is 32.1. The number of hydrogen-bond donors (Lipinski definition) is 2. The number of piperazine rings is 1. The lowest BCUT2D eigenvalue weighted by molar-refractivity contribution is -0.115. The first-order valence-electron chi connectivity index (χ1n) is 12.0. The first kappa shape index (κ1) is 24.2. The SMILES string of the molecule is CN1CCC(NCC(=O)Nc2ccc(-c3ccc(OCCN4CCN(C)CC4)cc3)s2)CC1. The molecule has 2 aliphatic rings.